The van der Waals surface area contributed by atoms with E-state index in [1.165, 1.54) is 11.1 Å². The normalized spacial score (nSPS) is 17.1. The molecule has 2 N–H and O–H groups in total. The van der Waals surface area contributed by atoms with Gasteiger partial charge in [0, 0.05) is 20.3 Å². The maximum absolute atomic E-state index is 12.5. The van der Waals surface area contributed by atoms with Crippen LogP contribution in [0.5, 0.6) is 0 Å². The van der Waals surface area contributed by atoms with E-state index < -0.39 is 10.9 Å². The van der Waals surface area contributed by atoms with Gasteiger partial charge in [-0.15, -0.1) is 11.3 Å². The van der Waals surface area contributed by atoms with Crippen LogP contribution in [0.25, 0.3) is 0 Å². The second-order valence-corrected chi connectivity index (χ2v) is 10.5. The Bertz CT molecular complexity index is 1290. The van der Waals surface area contributed by atoms with Gasteiger partial charge < -0.3 is 15.5 Å². The zero-order chi connectivity index (χ0) is 23.4. The summed E-state index contributed by atoms with van der Waals surface area (Å²) in [5, 5.41) is 7.34. The van der Waals surface area contributed by atoms with Gasteiger partial charge in [-0.2, -0.15) is 0 Å². The molecule has 4 rings (SSSR count). The lowest BCUT2D eigenvalue weighted by Gasteiger charge is -2.39. The number of rotatable bonds is 5. The first-order valence-corrected chi connectivity index (χ1v) is 11.4. The molecule has 168 valence electrons. The molecule has 0 saturated heterocycles. The van der Waals surface area contributed by atoms with Crippen molar-refractivity contribution in [2.75, 3.05) is 24.7 Å². The number of hydrogen-bond acceptors (Lipinski definition) is 8. The fraction of sp³-hybridized carbons (Fsp3) is 0.409. The van der Waals surface area contributed by atoms with E-state index in [-0.39, 0.29) is 39.5 Å². The lowest BCUT2D eigenvalue weighted by Crippen LogP contribution is -2.41. The molecule has 8 nitrogen and oxygen atoms in total. The lowest BCUT2D eigenvalue weighted by atomic mass is 9.74. The molecule has 0 saturated carbocycles. The van der Waals surface area contributed by atoms with Crippen LogP contribution >= 0.6 is 22.9 Å². The largest absolute Gasteiger partial charge is 0.372 e. The van der Waals surface area contributed by atoms with Crippen LogP contribution in [-0.2, 0) is 6.42 Å². The average molecular weight is 474 g/mol. The molecule has 1 amide bonds. The van der Waals surface area contributed by atoms with Crippen molar-refractivity contribution in [3.05, 3.63) is 59.0 Å². The second-order valence-electron chi connectivity index (χ2n) is 8.86. The zero-order valence-electron chi connectivity index (χ0n) is 18.5. The van der Waals surface area contributed by atoms with Crippen LogP contribution in [0.15, 0.2) is 21.9 Å². The van der Waals surface area contributed by atoms with E-state index in [4.69, 9.17) is 11.6 Å². The molecule has 0 radical (unpaired) electrons. The highest BCUT2D eigenvalue weighted by Crippen LogP contribution is 2.47. The minimum atomic E-state index is -0.629. The third-order valence-electron chi connectivity index (χ3n) is 5.84. The minimum Gasteiger partial charge on any atom is -0.372 e. The molecule has 10 heteroatoms. The number of hydrogen-bond donors (Lipinski definition) is 2. The number of aromatic nitrogens is 2. The van der Waals surface area contributed by atoms with E-state index >= 15 is 0 Å². The summed E-state index contributed by atoms with van der Waals surface area (Å²) in [4.78, 5) is 48.4. The molecule has 0 fully saturated rings. The highest BCUT2D eigenvalue weighted by Gasteiger charge is 2.40. The smallest absolute Gasteiger partial charge is 0.273 e. The van der Waals surface area contributed by atoms with Crippen LogP contribution < -0.4 is 21.5 Å². The first-order valence-electron chi connectivity index (χ1n) is 10.2. The maximum atomic E-state index is 12.5. The van der Waals surface area contributed by atoms with Crippen LogP contribution in [0.4, 0.5) is 17.1 Å². The van der Waals surface area contributed by atoms with Gasteiger partial charge in [-0.3, -0.25) is 14.4 Å². The summed E-state index contributed by atoms with van der Waals surface area (Å²) in [6, 6.07) is 1.41. The van der Waals surface area contributed by atoms with Crippen LogP contribution in [0.1, 0.15) is 52.4 Å². The highest BCUT2D eigenvalue weighted by atomic mass is 35.5. The van der Waals surface area contributed by atoms with Gasteiger partial charge in [0.2, 0.25) is 0 Å². The molecule has 0 aliphatic heterocycles. The van der Waals surface area contributed by atoms with Gasteiger partial charge in [-0.25, -0.2) is 9.97 Å². The summed E-state index contributed by atoms with van der Waals surface area (Å²) in [7, 11) is 3.20. The Balaban J connectivity index is 1.68. The fourth-order valence-electron chi connectivity index (χ4n) is 3.92. The van der Waals surface area contributed by atoms with Gasteiger partial charge in [0.15, 0.2) is 0 Å². The molecule has 32 heavy (non-hydrogen) atoms. The van der Waals surface area contributed by atoms with E-state index in [1.54, 1.807) is 31.5 Å². The van der Waals surface area contributed by atoms with E-state index in [0.29, 0.717) is 5.69 Å². The number of nitrogens with one attached hydrogen (secondary N) is 2. The van der Waals surface area contributed by atoms with E-state index in [9.17, 15) is 14.4 Å². The van der Waals surface area contributed by atoms with Crippen molar-refractivity contribution in [3.63, 3.8) is 0 Å². The molecule has 0 bridgehead atoms. The molecule has 1 aliphatic rings. The summed E-state index contributed by atoms with van der Waals surface area (Å²) in [6.45, 7) is 6.25. The van der Waals surface area contributed by atoms with E-state index in [2.05, 4.69) is 34.4 Å². The number of nitrogens with zero attached hydrogens (tertiary/aromatic N) is 3. The van der Waals surface area contributed by atoms with E-state index in [0.717, 1.165) is 28.4 Å². The topological polar surface area (TPSA) is 104 Å². The van der Waals surface area contributed by atoms with Crippen molar-refractivity contribution in [1.29, 1.82) is 0 Å². The van der Waals surface area contributed by atoms with Crippen molar-refractivity contribution in [3.8, 4) is 0 Å². The summed E-state index contributed by atoms with van der Waals surface area (Å²) in [5.41, 5.74) is 0.453. The maximum Gasteiger partial charge on any atom is 0.273 e. The van der Waals surface area contributed by atoms with Crippen LogP contribution in [0.2, 0.25) is 5.02 Å². The Kier molecular flexibility index (Phi) is 5.58. The predicted molar refractivity (Wildman–Crippen MR) is 127 cm³/mol. The molecule has 3 aromatic rings. The van der Waals surface area contributed by atoms with Gasteiger partial charge in [0.1, 0.15) is 17.1 Å². The zero-order valence-corrected chi connectivity index (χ0v) is 20.1. The monoisotopic (exact) mass is 473 g/mol. The van der Waals surface area contributed by atoms with Gasteiger partial charge in [0.25, 0.3) is 16.8 Å². The number of carbonyl (C=O) groups excluding carboxylic acids is 1. The van der Waals surface area contributed by atoms with Crippen LogP contribution in [-0.4, -0.2) is 34.9 Å². The van der Waals surface area contributed by atoms with Crippen molar-refractivity contribution >= 4 is 45.9 Å². The summed E-state index contributed by atoms with van der Waals surface area (Å²) < 4.78 is 0. The van der Waals surface area contributed by atoms with Gasteiger partial charge in [0.05, 0.1) is 32.3 Å². The number of fused-ring (bicyclic) bond motifs is 1. The van der Waals surface area contributed by atoms with Crippen LogP contribution in [0, 0.1) is 12.3 Å². The molecule has 1 atom stereocenters. The number of aryl methyl sites for hydroxylation is 2. The molecular formula is C22H24ClN5O3S. The molecule has 1 unspecified atom stereocenters. The number of amides is 1. The minimum absolute atomic E-state index is 0.0630. The van der Waals surface area contributed by atoms with E-state index in [1.807, 2.05) is 6.92 Å². The SMILES string of the molecule is Cc1nc2c(s1)C(Nc1c(Nc3ccnc(C(=O)N(C)C)c3Cl)c(=O)c1=O)C(C)(C)CC2. The molecule has 1 aliphatic carbocycles. The standard InChI is InChI=1S/C22H24ClN5O3S/c1-10-25-12-6-8-22(2,3)20(19(12)32-10)27-16-15(17(29)18(16)30)26-11-7-9-24-14(13(11)23)21(31)28(4)5/h7,9,20,27H,6,8H2,1-5H3,(H,24,26). The van der Waals surface area contributed by atoms with Gasteiger partial charge >= 0.3 is 0 Å². The Morgan fingerprint density at radius 1 is 1.25 bits per heavy atom. The second kappa shape index (κ2) is 7.97. The summed E-state index contributed by atoms with van der Waals surface area (Å²) >= 11 is 8.00. The fourth-order valence-corrected chi connectivity index (χ4v) is 5.40. The van der Waals surface area contributed by atoms with Gasteiger partial charge in [-0.05, 0) is 31.2 Å². The first-order chi connectivity index (χ1) is 15.0. The third kappa shape index (κ3) is 3.69. The predicted octanol–water partition coefficient (Wildman–Crippen LogP) is 3.67. The van der Waals surface area contributed by atoms with Crippen LogP contribution in [0.3, 0.4) is 0 Å². The Labute approximate surface area is 194 Å². The third-order valence-corrected chi connectivity index (χ3v) is 7.30. The van der Waals surface area contributed by atoms with Crippen molar-refractivity contribution in [1.82, 2.24) is 14.9 Å². The number of thiazole rings is 1. The molecule has 0 spiro atoms. The van der Waals surface area contributed by atoms with Crippen molar-refractivity contribution < 1.29 is 4.79 Å². The first kappa shape index (κ1) is 22.4. The molecular weight excluding hydrogens is 450 g/mol. The summed E-state index contributed by atoms with van der Waals surface area (Å²) in [5.74, 6) is -0.362. The number of halogens is 1. The number of carbonyl (C=O) groups is 1. The van der Waals surface area contributed by atoms with Crippen molar-refractivity contribution in [2.24, 2.45) is 5.41 Å². The Hall–Kier alpha value is -2.78. The molecule has 2 heterocycles. The number of pyridine rings is 1. The Morgan fingerprint density at radius 3 is 2.62 bits per heavy atom. The van der Waals surface area contributed by atoms with Crippen molar-refractivity contribution in [2.45, 2.75) is 39.7 Å². The highest BCUT2D eigenvalue weighted by molar-refractivity contribution is 7.11. The lowest BCUT2D eigenvalue weighted by molar-refractivity contribution is 0.0822. The quantitative estimate of drug-likeness (QED) is 0.545. The molecule has 2 aromatic heterocycles. The summed E-state index contributed by atoms with van der Waals surface area (Å²) in [6.07, 6.45) is 3.22. The van der Waals surface area contributed by atoms with Gasteiger partial charge in [-0.1, -0.05) is 25.4 Å². The Morgan fingerprint density at radius 2 is 1.94 bits per heavy atom. The average Bonchev–Trinajstić information content (AvgIpc) is 3.12. The number of anilines is 3. The molecule has 1 aromatic carbocycles.